The molecule has 5 heterocycles. The van der Waals surface area contributed by atoms with Crippen molar-refractivity contribution in [2.45, 2.75) is 65.1 Å². The fourth-order valence-corrected chi connectivity index (χ4v) is 5.75. The Bertz CT molecular complexity index is 1510. The number of rotatable bonds is 5. The summed E-state index contributed by atoms with van der Waals surface area (Å²) < 4.78 is 12.9. The maximum Gasteiger partial charge on any atom is 0.439 e. The van der Waals surface area contributed by atoms with Crippen LogP contribution in [0.3, 0.4) is 0 Å². The molecule has 12 heteroatoms. The highest BCUT2D eigenvalue weighted by Gasteiger charge is 2.32. The number of H-pyrrole nitrogens is 1. The molecule has 1 saturated carbocycles. The molecule has 1 N–H and O–H groups in total. The predicted molar refractivity (Wildman–Crippen MR) is 143 cm³/mol. The van der Waals surface area contributed by atoms with Gasteiger partial charge in [-0.05, 0) is 44.6 Å². The Morgan fingerprint density at radius 3 is 2.66 bits per heavy atom. The number of halogens is 1. The summed E-state index contributed by atoms with van der Waals surface area (Å²) in [6.45, 7) is 8.74. The topological polar surface area (TPSA) is 128 Å². The molecule has 0 unspecified atom stereocenters. The molecule has 1 aliphatic heterocycles. The third kappa shape index (κ3) is 4.69. The van der Waals surface area contributed by atoms with Crippen LogP contribution in [-0.4, -0.2) is 59.9 Å². The Morgan fingerprint density at radius 1 is 1.11 bits per heavy atom. The quantitative estimate of drug-likeness (QED) is 0.395. The minimum atomic E-state index is -0.677. The highest BCUT2D eigenvalue weighted by molar-refractivity contribution is 6.30. The number of aromatic amines is 1. The number of ether oxygens (including phenoxy) is 1. The van der Waals surface area contributed by atoms with Crippen molar-refractivity contribution in [3.05, 3.63) is 34.0 Å². The fourth-order valence-electron chi connectivity index (χ4n) is 5.58. The van der Waals surface area contributed by atoms with Crippen LogP contribution in [0.4, 0.5) is 5.95 Å². The van der Waals surface area contributed by atoms with Gasteiger partial charge >= 0.3 is 5.76 Å². The van der Waals surface area contributed by atoms with Gasteiger partial charge in [0.05, 0.1) is 23.8 Å². The van der Waals surface area contributed by atoms with Gasteiger partial charge in [-0.25, -0.2) is 14.8 Å². The molecule has 2 atom stereocenters. The third-order valence-electron chi connectivity index (χ3n) is 7.93. The molecule has 2 fully saturated rings. The summed E-state index contributed by atoms with van der Waals surface area (Å²) in [7, 11) is 0. The second-order valence-corrected chi connectivity index (χ2v) is 11.0. The van der Waals surface area contributed by atoms with Crippen LogP contribution >= 0.6 is 11.6 Å². The van der Waals surface area contributed by atoms with E-state index in [2.05, 4.69) is 45.4 Å². The van der Waals surface area contributed by atoms with Crippen LogP contribution in [0.1, 0.15) is 46.5 Å². The highest BCUT2D eigenvalue weighted by Crippen LogP contribution is 2.37. The normalized spacial score (nSPS) is 24.3. The van der Waals surface area contributed by atoms with Gasteiger partial charge in [0, 0.05) is 31.0 Å². The second-order valence-electron chi connectivity index (χ2n) is 10.6. The van der Waals surface area contributed by atoms with Gasteiger partial charge in [-0.1, -0.05) is 36.5 Å². The van der Waals surface area contributed by atoms with Crippen LogP contribution in [0.2, 0.25) is 5.02 Å². The maximum atomic E-state index is 11.7. The summed E-state index contributed by atoms with van der Waals surface area (Å²) in [4.78, 5) is 35.5. The van der Waals surface area contributed by atoms with Crippen molar-refractivity contribution in [1.29, 1.82) is 0 Å². The molecular weight excluding hydrogens is 508 g/mol. The van der Waals surface area contributed by atoms with Crippen LogP contribution in [0.15, 0.2) is 27.8 Å². The number of imidazole rings is 1. The average molecular weight is 539 g/mol. The molecule has 2 aliphatic rings. The number of fused-ring (bicyclic) bond motifs is 1. The predicted octanol–water partition coefficient (Wildman–Crippen LogP) is 4.32. The maximum absolute atomic E-state index is 11.7. The molecule has 4 aromatic rings. The Labute approximate surface area is 224 Å². The zero-order valence-corrected chi connectivity index (χ0v) is 22.5. The lowest BCUT2D eigenvalue weighted by molar-refractivity contribution is 0.0274. The van der Waals surface area contributed by atoms with E-state index >= 15 is 0 Å². The number of aromatic nitrogens is 7. The Kier molecular flexibility index (Phi) is 6.65. The van der Waals surface area contributed by atoms with E-state index in [1.165, 1.54) is 25.7 Å². The standard InChI is InChI=1S/C26H31ClN8O3/c1-14-4-6-17(7-5-14)13-35-21-20(18-10-19(27)12-28-11-18)29-23(24-32-26(36)38-33-24)30-22(21)31-25(35)34-8-9-37-16(3)15(34)2/h10-12,14-17H,4-9,13H2,1-3H3,(H,32,33,36)/t14?,15-,16-,17?/m1/s1. The Hall–Kier alpha value is -3.31. The Balaban J connectivity index is 1.58. The molecule has 1 aliphatic carbocycles. The minimum Gasteiger partial charge on any atom is -0.375 e. The highest BCUT2D eigenvalue weighted by atomic mass is 35.5. The van der Waals surface area contributed by atoms with E-state index in [1.54, 1.807) is 12.4 Å². The van der Waals surface area contributed by atoms with Gasteiger partial charge in [-0.15, -0.1) is 0 Å². The SMILES string of the molecule is CC1CCC(Cn2c(N3CCO[C@H](C)[C@H]3C)nc3nc(-c4noc(=O)[nH]4)nc(-c4cncc(Cl)c4)c32)CC1. The summed E-state index contributed by atoms with van der Waals surface area (Å²) in [6.07, 6.45) is 8.16. The molecular formula is C26H31ClN8O3. The lowest BCUT2D eigenvalue weighted by atomic mass is 9.83. The summed E-state index contributed by atoms with van der Waals surface area (Å²) in [5.41, 5.74) is 2.68. The molecule has 0 spiro atoms. The summed E-state index contributed by atoms with van der Waals surface area (Å²) in [5, 5.41) is 4.31. The van der Waals surface area contributed by atoms with Gasteiger partial charge in [-0.2, -0.15) is 4.98 Å². The van der Waals surface area contributed by atoms with Gasteiger partial charge in [0.2, 0.25) is 17.6 Å². The van der Waals surface area contributed by atoms with Crippen LogP contribution < -0.4 is 10.7 Å². The molecule has 0 aromatic carbocycles. The molecule has 0 amide bonds. The van der Waals surface area contributed by atoms with Gasteiger partial charge in [-0.3, -0.25) is 14.5 Å². The van der Waals surface area contributed by atoms with Crippen LogP contribution in [-0.2, 0) is 11.3 Å². The first kappa shape index (κ1) is 25.0. The number of morpholine rings is 1. The van der Waals surface area contributed by atoms with E-state index < -0.39 is 5.76 Å². The van der Waals surface area contributed by atoms with E-state index in [4.69, 9.17) is 35.8 Å². The van der Waals surface area contributed by atoms with Crippen molar-refractivity contribution in [2.75, 3.05) is 18.1 Å². The number of pyridine rings is 1. The minimum absolute atomic E-state index is 0.0611. The number of anilines is 1. The number of hydrogen-bond acceptors (Lipinski definition) is 9. The van der Waals surface area contributed by atoms with Crippen molar-refractivity contribution >= 4 is 28.7 Å². The smallest absolute Gasteiger partial charge is 0.375 e. The van der Waals surface area contributed by atoms with Crippen LogP contribution in [0.5, 0.6) is 0 Å². The molecule has 200 valence electrons. The van der Waals surface area contributed by atoms with Gasteiger partial charge in [0.15, 0.2) is 5.65 Å². The van der Waals surface area contributed by atoms with Gasteiger partial charge in [0.25, 0.3) is 0 Å². The van der Waals surface area contributed by atoms with Crippen molar-refractivity contribution in [2.24, 2.45) is 11.8 Å². The van der Waals surface area contributed by atoms with Crippen molar-refractivity contribution in [3.8, 4) is 22.9 Å². The van der Waals surface area contributed by atoms with Crippen LogP contribution in [0.25, 0.3) is 34.1 Å². The Morgan fingerprint density at radius 2 is 1.92 bits per heavy atom. The van der Waals surface area contributed by atoms with E-state index in [0.29, 0.717) is 28.9 Å². The molecule has 0 radical (unpaired) electrons. The van der Waals surface area contributed by atoms with E-state index in [9.17, 15) is 4.79 Å². The lowest BCUT2D eigenvalue weighted by Crippen LogP contribution is -2.49. The zero-order valence-electron chi connectivity index (χ0n) is 21.7. The molecule has 38 heavy (non-hydrogen) atoms. The van der Waals surface area contributed by atoms with E-state index in [0.717, 1.165) is 36.0 Å². The summed E-state index contributed by atoms with van der Waals surface area (Å²) in [5.74, 6) is 1.80. The summed E-state index contributed by atoms with van der Waals surface area (Å²) >= 11 is 6.35. The molecule has 4 aromatic heterocycles. The first-order valence-corrected chi connectivity index (χ1v) is 13.6. The van der Waals surface area contributed by atoms with E-state index in [-0.39, 0.29) is 23.8 Å². The van der Waals surface area contributed by atoms with Crippen molar-refractivity contribution < 1.29 is 9.26 Å². The largest absolute Gasteiger partial charge is 0.439 e. The molecule has 11 nitrogen and oxygen atoms in total. The second kappa shape index (κ2) is 10.1. The summed E-state index contributed by atoms with van der Waals surface area (Å²) in [6, 6.07) is 1.95. The van der Waals surface area contributed by atoms with Crippen LogP contribution in [0, 0.1) is 11.8 Å². The molecule has 1 saturated heterocycles. The zero-order chi connectivity index (χ0) is 26.4. The van der Waals surface area contributed by atoms with E-state index in [1.807, 2.05) is 6.07 Å². The first-order chi connectivity index (χ1) is 18.4. The van der Waals surface area contributed by atoms with Gasteiger partial charge in [0.1, 0.15) is 11.2 Å². The number of hydrogen-bond donors (Lipinski definition) is 1. The fraction of sp³-hybridized carbons (Fsp3) is 0.538. The third-order valence-corrected chi connectivity index (χ3v) is 8.14. The van der Waals surface area contributed by atoms with Crippen molar-refractivity contribution in [3.63, 3.8) is 0 Å². The average Bonchev–Trinajstić information content (AvgIpc) is 3.50. The molecule has 0 bridgehead atoms. The number of nitrogens with zero attached hydrogens (tertiary/aromatic N) is 7. The molecule has 6 rings (SSSR count). The van der Waals surface area contributed by atoms with Crippen molar-refractivity contribution in [1.82, 2.24) is 34.6 Å². The lowest BCUT2D eigenvalue weighted by Gasteiger charge is -2.39. The first-order valence-electron chi connectivity index (χ1n) is 13.2. The number of nitrogens with one attached hydrogen (secondary N) is 1. The monoisotopic (exact) mass is 538 g/mol. The van der Waals surface area contributed by atoms with Gasteiger partial charge < -0.3 is 14.2 Å².